The standard InChI is InChI=1S/2C5H7O2.C2H2N2.Sn/c2*1-4(6)3-5(2)7;3-1-2-4;/h2*3H,1-2H3;1-2H;/q2*-1;-2;+4/p+4. The molecule has 4 N–H and O–H groups in total. The maximum Gasteiger partial charge on any atom is 0.176 e. The van der Waals surface area contributed by atoms with Gasteiger partial charge in [0.05, 0.1) is 0 Å². The maximum absolute atomic E-state index is 8.40. The maximum atomic E-state index is 8.40. The Hall–Kier alpha value is -1.44. The molecule has 0 aliphatic carbocycles. The molecule has 0 saturated carbocycles. The summed E-state index contributed by atoms with van der Waals surface area (Å²) in [5.41, 5.74) is 0. The van der Waals surface area contributed by atoms with Crippen LogP contribution in [0.5, 0.6) is 0 Å². The first-order valence-corrected chi connectivity index (χ1v) is 7.90. The van der Waals surface area contributed by atoms with Gasteiger partial charge in [0, 0.05) is 27.7 Å². The minimum absolute atomic E-state index is 0.125. The van der Waals surface area contributed by atoms with Crippen LogP contribution < -0.4 is 0 Å². The first-order valence-electron chi connectivity index (χ1n) is 5.35. The van der Waals surface area contributed by atoms with E-state index in [0.717, 1.165) is 0 Å². The van der Waals surface area contributed by atoms with Crippen molar-refractivity contribution in [1.82, 2.24) is 0 Å². The molecule has 0 aromatic carbocycles. The first-order chi connectivity index (χ1) is 8.75. The van der Waals surface area contributed by atoms with Crippen LogP contribution in [-0.4, -0.2) is 76.4 Å². The molecule has 19 heavy (non-hydrogen) atoms. The quantitative estimate of drug-likeness (QED) is 0.292. The Kier molecular flexibility index (Phi) is 13.6. The molecule has 6 nitrogen and oxygen atoms in total. The van der Waals surface area contributed by atoms with Crippen molar-refractivity contribution in [3.63, 3.8) is 0 Å². The second-order valence-electron chi connectivity index (χ2n) is 3.51. The van der Waals surface area contributed by atoms with Crippen molar-refractivity contribution in [2.75, 3.05) is 0 Å². The largest absolute Gasteiger partial charge is 0.316 e. The van der Waals surface area contributed by atoms with Gasteiger partial charge < -0.3 is 19.2 Å². The third kappa shape index (κ3) is 26.3. The molecule has 0 bridgehead atoms. The van der Waals surface area contributed by atoms with Gasteiger partial charge in [-0.1, -0.05) is 0 Å². The predicted molar refractivity (Wildman–Crippen MR) is 81.8 cm³/mol. The van der Waals surface area contributed by atoms with E-state index in [4.69, 9.17) is 19.2 Å². The third-order valence-corrected chi connectivity index (χ3v) is 2.68. The average Bonchev–Trinajstić information content (AvgIpc) is 2.70. The zero-order valence-corrected chi connectivity index (χ0v) is 14.3. The van der Waals surface area contributed by atoms with E-state index < -0.39 is 21.7 Å². The van der Waals surface area contributed by atoms with E-state index >= 15 is 0 Å². The summed E-state index contributed by atoms with van der Waals surface area (Å²) in [4.78, 5) is 33.6. The molecule has 1 aliphatic heterocycles. The number of rotatable bonds is 4. The van der Waals surface area contributed by atoms with Gasteiger partial charge in [-0.3, -0.25) is 0 Å². The first kappa shape index (κ1) is 19.9. The molecule has 0 aromatic heterocycles. The van der Waals surface area contributed by atoms with Crippen LogP contribution in [0.15, 0.2) is 6.43 Å². The van der Waals surface area contributed by atoms with Gasteiger partial charge in [0.1, 0.15) is 0 Å². The van der Waals surface area contributed by atoms with E-state index in [1.807, 2.05) is 0 Å². The molecule has 0 fully saturated rings. The molecule has 0 spiro atoms. The van der Waals surface area contributed by atoms with Gasteiger partial charge in [-0.25, -0.2) is 0 Å². The molecule has 0 aromatic rings. The average molecular weight is 375 g/mol. The molecule has 0 saturated heterocycles. The summed E-state index contributed by atoms with van der Waals surface area (Å²) in [6.45, 7) is 6.00. The topological polar surface area (TPSA) is 110 Å². The fraction of sp³-hybridized carbons (Fsp3) is 0.333. The van der Waals surface area contributed by atoms with Gasteiger partial charge in [0.25, 0.3) is 0 Å². The third-order valence-electron chi connectivity index (χ3n) is 1.17. The summed E-state index contributed by atoms with van der Waals surface area (Å²) >= 11 is -0.532. The van der Waals surface area contributed by atoms with E-state index in [0.29, 0.717) is 0 Å². The normalized spacial score (nSPS) is 9.47. The minimum atomic E-state index is -0.532. The van der Waals surface area contributed by atoms with E-state index in [9.17, 15) is 0 Å². The van der Waals surface area contributed by atoms with Crippen molar-refractivity contribution < 1.29 is 19.2 Å². The zero-order chi connectivity index (χ0) is 15.3. The van der Waals surface area contributed by atoms with Crippen molar-refractivity contribution in [3.05, 3.63) is 12.8 Å². The summed E-state index contributed by atoms with van der Waals surface area (Å²) < 4.78 is 7.81. The van der Waals surface area contributed by atoms with Gasteiger partial charge in [0.15, 0.2) is 23.1 Å². The molecule has 1 heterocycles. The van der Waals surface area contributed by atoms with E-state index in [1.165, 1.54) is 40.5 Å². The Morgan fingerprint density at radius 1 is 0.737 bits per heavy atom. The van der Waals surface area contributed by atoms with E-state index in [1.54, 1.807) is 12.4 Å². The second-order valence-corrected chi connectivity index (χ2v) is 5.56. The van der Waals surface area contributed by atoms with Crippen LogP contribution in [0.2, 0.25) is 0 Å². The van der Waals surface area contributed by atoms with Gasteiger partial charge in [-0.15, -0.1) is 0 Å². The van der Waals surface area contributed by atoms with Crippen molar-refractivity contribution in [1.29, 1.82) is 0 Å². The molecule has 1 rings (SSSR count). The summed E-state index contributed by atoms with van der Waals surface area (Å²) in [6, 6.07) is 0. The Labute approximate surface area is 123 Å². The second kappa shape index (κ2) is 13.0. The molecule has 102 valence electrons. The monoisotopic (exact) mass is 376 g/mol. The summed E-state index contributed by atoms with van der Waals surface area (Å²) in [5, 5.41) is 0. The smallest absolute Gasteiger partial charge is 0.176 e. The summed E-state index contributed by atoms with van der Waals surface area (Å²) in [5.74, 6) is 0.500. The molecule has 0 amide bonds. The zero-order valence-electron chi connectivity index (χ0n) is 11.5. The van der Waals surface area contributed by atoms with Crippen LogP contribution in [0.25, 0.3) is 0 Å². The van der Waals surface area contributed by atoms with Crippen molar-refractivity contribution >= 4 is 57.3 Å². The summed E-state index contributed by atoms with van der Waals surface area (Å²) in [7, 11) is 0. The van der Waals surface area contributed by atoms with Gasteiger partial charge >= 0.3 is 40.5 Å². The molecule has 0 atom stereocenters. The predicted octanol–water partition coefficient (Wildman–Crippen LogP) is 0.316. The fourth-order valence-electron chi connectivity index (χ4n) is 0.771. The van der Waals surface area contributed by atoms with Gasteiger partial charge in [-0.2, -0.15) is 12.8 Å². The van der Waals surface area contributed by atoms with Crippen LogP contribution >= 0.6 is 0 Å². The molecule has 0 radical (unpaired) electrons. The number of ketones is 4. The van der Waals surface area contributed by atoms with Crippen LogP contribution in [0.1, 0.15) is 27.7 Å². The Bertz CT molecular complexity index is 329. The number of nitrogens with zero attached hydrogens (tertiary/aromatic N) is 2. The minimum Gasteiger partial charge on any atom is -0.316 e. The molecule has 0 unspecified atom stereocenters. The van der Waals surface area contributed by atoms with Gasteiger partial charge in [0.2, 0.25) is 0 Å². The van der Waals surface area contributed by atoms with E-state index in [-0.39, 0.29) is 23.1 Å². The van der Waals surface area contributed by atoms with Crippen molar-refractivity contribution in [2.45, 2.75) is 27.7 Å². The Morgan fingerprint density at radius 2 is 1.00 bits per heavy atom. The van der Waals surface area contributed by atoms with Crippen LogP contribution in [-0.2, 0) is 0 Å². The molecule has 1 aliphatic rings. The Morgan fingerprint density at radius 3 is 1.05 bits per heavy atom. The fourth-order valence-corrected chi connectivity index (χ4v) is 1.72. The van der Waals surface area contributed by atoms with Crippen molar-refractivity contribution in [2.24, 2.45) is 6.43 Å². The number of carbonyl (C=O) groups excluding carboxylic acids is 4. The number of hydrogen-bond acceptors (Lipinski definition) is 2. The summed E-state index contributed by atoms with van der Waals surface area (Å²) in [6.07, 6.45) is 6.10. The molecular weight excluding hydrogens is 355 g/mol. The Balaban J connectivity index is 0. The van der Waals surface area contributed by atoms with Crippen LogP contribution in [0, 0.1) is 12.8 Å². The van der Waals surface area contributed by atoms with Crippen LogP contribution in [0.4, 0.5) is 0 Å². The van der Waals surface area contributed by atoms with Crippen LogP contribution in [0.3, 0.4) is 0 Å². The molecule has 7 heteroatoms. The molecular formula is C12H20N2O4Sn+4. The SMILES string of the molecule is C1=[N][Sn+2][N]=C1.CC(=[OH+])[CH-]C(C)=[OH+].CC(=[OH+])[CH-]C(C)=[OH+]. The number of hydrogen-bond donors (Lipinski definition) is 0. The van der Waals surface area contributed by atoms with Gasteiger partial charge in [-0.05, 0) is 0 Å². The van der Waals surface area contributed by atoms with Crippen molar-refractivity contribution in [3.8, 4) is 0 Å². The van der Waals surface area contributed by atoms with E-state index in [2.05, 4.69) is 6.43 Å².